The van der Waals surface area contributed by atoms with E-state index in [1.165, 1.54) is 35.7 Å². The van der Waals surface area contributed by atoms with Crippen LogP contribution < -0.4 is 14.8 Å². The van der Waals surface area contributed by atoms with Crippen LogP contribution in [0.15, 0.2) is 75.1 Å². The maximum atomic E-state index is 12.8. The van der Waals surface area contributed by atoms with Gasteiger partial charge in [0.2, 0.25) is 5.91 Å². The Morgan fingerprint density at radius 2 is 1.69 bits per heavy atom. The minimum Gasteiger partial charge on any atom is -0.497 e. The number of nitrogens with one attached hydrogen (secondary N) is 2. The lowest BCUT2D eigenvalue weighted by molar-refractivity contribution is -0.120. The van der Waals surface area contributed by atoms with Crippen molar-refractivity contribution in [1.29, 1.82) is 0 Å². The van der Waals surface area contributed by atoms with Gasteiger partial charge in [-0.2, -0.15) is 4.31 Å². The van der Waals surface area contributed by atoms with Crippen molar-refractivity contribution >= 4 is 48.7 Å². The first-order valence-corrected chi connectivity index (χ1v) is 14.6. The zero-order valence-corrected chi connectivity index (χ0v) is 21.3. The summed E-state index contributed by atoms with van der Waals surface area (Å²) in [4.78, 5) is 12.9. The summed E-state index contributed by atoms with van der Waals surface area (Å²) in [5.41, 5.74) is 0.819. The highest BCUT2D eigenvalue weighted by atomic mass is 32.2. The van der Waals surface area contributed by atoms with Gasteiger partial charge in [0, 0.05) is 24.5 Å². The van der Waals surface area contributed by atoms with Crippen molar-refractivity contribution in [3.05, 3.63) is 66.0 Å². The Morgan fingerprint density at radius 3 is 2.31 bits per heavy atom. The maximum absolute atomic E-state index is 12.8. The number of anilines is 2. The molecule has 0 bridgehead atoms. The Kier molecular flexibility index (Phi) is 7.45. The van der Waals surface area contributed by atoms with Gasteiger partial charge in [-0.25, -0.2) is 16.8 Å². The summed E-state index contributed by atoms with van der Waals surface area (Å²) < 4.78 is 60.1. The molecule has 0 unspecified atom stereocenters. The molecule has 2 heterocycles. The molecule has 9 nitrogen and oxygen atoms in total. The second-order valence-electron chi connectivity index (χ2n) is 7.98. The molecule has 1 fully saturated rings. The van der Waals surface area contributed by atoms with Crippen molar-refractivity contribution in [1.82, 2.24) is 4.31 Å². The summed E-state index contributed by atoms with van der Waals surface area (Å²) in [6.45, 7) is 0.474. The number of carbonyl (C=O) groups is 1. The van der Waals surface area contributed by atoms with E-state index < -0.39 is 26.0 Å². The van der Waals surface area contributed by atoms with Crippen LogP contribution in [0.25, 0.3) is 0 Å². The van der Waals surface area contributed by atoms with Gasteiger partial charge < -0.3 is 10.1 Å². The number of nitrogens with zero attached hydrogens (tertiary/aromatic N) is 1. The lowest BCUT2D eigenvalue weighted by atomic mass is 9.99. The van der Waals surface area contributed by atoms with E-state index >= 15 is 0 Å². The summed E-state index contributed by atoms with van der Waals surface area (Å²) in [5, 5.41) is 4.48. The lowest BCUT2D eigenvalue weighted by Gasteiger charge is -2.30. The second kappa shape index (κ2) is 10.4. The van der Waals surface area contributed by atoms with E-state index in [2.05, 4.69) is 10.0 Å². The summed E-state index contributed by atoms with van der Waals surface area (Å²) in [7, 11) is -5.91. The van der Waals surface area contributed by atoms with Crippen molar-refractivity contribution < 1.29 is 26.4 Å². The van der Waals surface area contributed by atoms with Gasteiger partial charge in [-0.15, -0.1) is 11.3 Å². The zero-order chi connectivity index (χ0) is 25.1. The number of hydrogen-bond acceptors (Lipinski definition) is 7. The van der Waals surface area contributed by atoms with Gasteiger partial charge in [-0.1, -0.05) is 6.07 Å². The highest BCUT2D eigenvalue weighted by Crippen LogP contribution is 2.27. The number of carbonyl (C=O) groups excluding carboxylic acids is 1. The van der Waals surface area contributed by atoms with Crippen LogP contribution in [-0.2, 0) is 24.8 Å². The molecule has 1 aliphatic rings. The molecule has 0 aliphatic carbocycles. The van der Waals surface area contributed by atoms with Gasteiger partial charge in [-0.3, -0.25) is 9.52 Å². The van der Waals surface area contributed by atoms with E-state index in [1.54, 1.807) is 41.8 Å². The van der Waals surface area contributed by atoms with E-state index in [0.717, 1.165) is 11.3 Å². The van der Waals surface area contributed by atoms with Crippen LogP contribution in [0.4, 0.5) is 11.4 Å². The van der Waals surface area contributed by atoms with Gasteiger partial charge >= 0.3 is 0 Å². The van der Waals surface area contributed by atoms with Crippen molar-refractivity contribution in [2.24, 2.45) is 5.92 Å². The van der Waals surface area contributed by atoms with Gasteiger partial charge in [0.15, 0.2) is 0 Å². The van der Waals surface area contributed by atoms with Crippen LogP contribution in [-0.4, -0.2) is 47.2 Å². The van der Waals surface area contributed by atoms with Crippen molar-refractivity contribution in [2.75, 3.05) is 30.2 Å². The van der Waals surface area contributed by atoms with E-state index in [1.807, 2.05) is 0 Å². The molecule has 0 saturated carbocycles. The van der Waals surface area contributed by atoms with Crippen LogP contribution in [0.1, 0.15) is 12.8 Å². The van der Waals surface area contributed by atoms with Crippen molar-refractivity contribution in [3.8, 4) is 5.75 Å². The molecule has 0 spiro atoms. The fourth-order valence-corrected chi connectivity index (χ4v) is 7.47. The molecule has 1 atom stereocenters. The Labute approximate surface area is 208 Å². The fraction of sp³-hybridized carbons (Fsp3) is 0.261. The zero-order valence-electron chi connectivity index (χ0n) is 18.9. The molecule has 35 heavy (non-hydrogen) atoms. The Balaban J connectivity index is 1.39. The summed E-state index contributed by atoms with van der Waals surface area (Å²) in [5.74, 6) is -0.195. The predicted octanol–water partition coefficient (Wildman–Crippen LogP) is 3.60. The molecule has 1 aliphatic heterocycles. The molecule has 186 valence electrons. The number of methoxy groups -OCH3 is 1. The second-order valence-corrected chi connectivity index (χ2v) is 12.8. The largest absolute Gasteiger partial charge is 0.497 e. The molecule has 0 radical (unpaired) electrons. The van der Waals surface area contributed by atoms with Gasteiger partial charge in [0.05, 0.1) is 17.9 Å². The SMILES string of the molecule is COc1ccc(NS(=O)(=O)c2ccc(NC(=O)[C@H]3CCCN(S(=O)(=O)c4cccs4)C3)cc2)cc1. The number of sulfonamides is 2. The van der Waals surface area contributed by atoms with E-state index in [0.29, 0.717) is 36.5 Å². The number of thiophene rings is 1. The topological polar surface area (TPSA) is 122 Å². The number of piperidine rings is 1. The van der Waals surface area contributed by atoms with E-state index in [4.69, 9.17) is 4.74 Å². The first kappa shape index (κ1) is 25.2. The molecule has 1 aromatic heterocycles. The molecule has 1 amide bonds. The van der Waals surface area contributed by atoms with E-state index in [-0.39, 0.29) is 21.6 Å². The first-order chi connectivity index (χ1) is 16.7. The maximum Gasteiger partial charge on any atom is 0.261 e. The van der Waals surface area contributed by atoms with Crippen LogP contribution in [0, 0.1) is 5.92 Å². The third-order valence-corrected chi connectivity index (χ3v) is 10.3. The summed E-state index contributed by atoms with van der Waals surface area (Å²) in [6, 6.07) is 15.5. The lowest BCUT2D eigenvalue weighted by Crippen LogP contribution is -2.43. The van der Waals surface area contributed by atoms with Gasteiger partial charge in [0.25, 0.3) is 20.0 Å². The van der Waals surface area contributed by atoms with Crippen molar-refractivity contribution in [2.45, 2.75) is 21.9 Å². The summed E-state index contributed by atoms with van der Waals surface area (Å²) >= 11 is 1.15. The Hall–Kier alpha value is -2.93. The van der Waals surface area contributed by atoms with Crippen molar-refractivity contribution in [3.63, 3.8) is 0 Å². The highest BCUT2D eigenvalue weighted by Gasteiger charge is 2.33. The monoisotopic (exact) mass is 535 g/mol. The quantitative estimate of drug-likeness (QED) is 0.455. The minimum absolute atomic E-state index is 0.0391. The molecular formula is C23H25N3O6S3. The molecule has 4 rings (SSSR count). The van der Waals surface area contributed by atoms with Crippen LogP contribution in [0.3, 0.4) is 0 Å². The third kappa shape index (κ3) is 5.84. The van der Waals surface area contributed by atoms with Gasteiger partial charge in [0.1, 0.15) is 9.96 Å². The molecule has 2 N–H and O–H groups in total. The molecule has 3 aromatic rings. The number of rotatable bonds is 8. The smallest absolute Gasteiger partial charge is 0.261 e. The molecule has 1 saturated heterocycles. The highest BCUT2D eigenvalue weighted by molar-refractivity contribution is 7.92. The predicted molar refractivity (Wildman–Crippen MR) is 135 cm³/mol. The summed E-state index contributed by atoms with van der Waals surface area (Å²) in [6.07, 6.45) is 1.15. The third-order valence-electron chi connectivity index (χ3n) is 5.62. The van der Waals surface area contributed by atoms with Crippen LogP contribution in [0.2, 0.25) is 0 Å². The average Bonchev–Trinajstić information content (AvgIpc) is 3.41. The number of hydrogen-bond donors (Lipinski definition) is 2. The molecular weight excluding hydrogens is 510 g/mol. The number of amides is 1. The Bertz CT molecular complexity index is 1370. The normalized spacial score (nSPS) is 17.0. The van der Waals surface area contributed by atoms with Crippen LogP contribution in [0.5, 0.6) is 5.75 Å². The fourth-order valence-electron chi connectivity index (χ4n) is 3.75. The standard InChI is InChI=1S/C23H25N3O6S3/c1-32-20-10-6-19(7-11-20)25-34(28,29)21-12-8-18(9-13-21)24-23(27)17-4-2-14-26(16-17)35(30,31)22-5-3-15-33-22/h3,5-13,15,17,25H,2,4,14,16H2,1H3,(H,24,27)/t17-/m0/s1. The minimum atomic E-state index is -3.82. The number of ether oxygens (including phenoxy) is 1. The number of benzene rings is 2. The average molecular weight is 536 g/mol. The molecule has 12 heteroatoms. The van der Waals surface area contributed by atoms with Gasteiger partial charge in [-0.05, 0) is 72.8 Å². The van der Waals surface area contributed by atoms with Crippen LogP contribution >= 0.6 is 11.3 Å². The van der Waals surface area contributed by atoms with E-state index in [9.17, 15) is 21.6 Å². The first-order valence-electron chi connectivity index (χ1n) is 10.8. The Morgan fingerprint density at radius 1 is 1.00 bits per heavy atom. The molecule has 2 aromatic carbocycles.